The van der Waals surface area contributed by atoms with Crippen molar-refractivity contribution in [3.8, 4) is 12.3 Å². The fourth-order valence-electron chi connectivity index (χ4n) is 0.799. The molecule has 0 aliphatic heterocycles. The minimum absolute atomic E-state index is 0.127. The molecule has 2 nitrogen and oxygen atoms in total. The van der Waals surface area contributed by atoms with Gasteiger partial charge in [0.25, 0.3) is 0 Å². The zero-order valence-corrected chi connectivity index (χ0v) is 9.03. The highest BCUT2D eigenvalue weighted by Gasteiger charge is 2.09. The lowest BCUT2D eigenvalue weighted by Crippen LogP contribution is -2.35. The molecule has 0 fully saturated rings. The first-order chi connectivity index (χ1) is 6.01. The van der Waals surface area contributed by atoms with Crippen LogP contribution in [0.4, 0.5) is 0 Å². The van der Waals surface area contributed by atoms with Crippen molar-refractivity contribution >= 4 is 11.3 Å². The van der Waals surface area contributed by atoms with E-state index >= 15 is 0 Å². The molecule has 0 saturated carbocycles. The molecule has 0 unspecified atom stereocenters. The van der Waals surface area contributed by atoms with Crippen molar-refractivity contribution in [2.24, 2.45) is 0 Å². The molecule has 0 aliphatic carbocycles. The monoisotopic (exact) mass is 194 g/mol. The maximum Gasteiger partial charge on any atom is 0.124 e. The van der Waals surface area contributed by atoms with Crippen LogP contribution in [0.3, 0.4) is 0 Å². The molecule has 13 heavy (non-hydrogen) atoms. The fourth-order valence-corrected chi connectivity index (χ4v) is 1.47. The summed E-state index contributed by atoms with van der Waals surface area (Å²) in [4.78, 5) is 4.25. The Morgan fingerprint density at radius 3 is 2.77 bits per heavy atom. The standard InChI is InChI=1S/C10H14N2S/c1-5-8-7-13-9(12-8)6-11-10(2,3)4/h1,7,11H,6H2,2-4H3. The van der Waals surface area contributed by atoms with Crippen LogP contribution in [-0.4, -0.2) is 10.5 Å². The number of hydrogen-bond donors (Lipinski definition) is 1. The predicted molar refractivity (Wildman–Crippen MR) is 56.6 cm³/mol. The molecule has 0 bridgehead atoms. The summed E-state index contributed by atoms with van der Waals surface area (Å²) in [5.41, 5.74) is 0.859. The molecule has 0 atom stereocenters. The Hall–Kier alpha value is -0.850. The molecule has 1 aromatic heterocycles. The highest BCUT2D eigenvalue weighted by Crippen LogP contribution is 2.10. The SMILES string of the molecule is C#Cc1csc(CNC(C)(C)C)n1. The third-order valence-electron chi connectivity index (χ3n) is 1.47. The van der Waals surface area contributed by atoms with Gasteiger partial charge in [-0.25, -0.2) is 4.98 Å². The van der Waals surface area contributed by atoms with Gasteiger partial charge < -0.3 is 5.32 Å². The van der Waals surface area contributed by atoms with Gasteiger partial charge in [0.2, 0.25) is 0 Å². The van der Waals surface area contributed by atoms with Crippen molar-refractivity contribution in [3.05, 3.63) is 16.1 Å². The lowest BCUT2D eigenvalue weighted by Gasteiger charge is -2.19. The van der Waals surface area contributed by atoms with Gasteiger partial charge in [0.05, 0.1) is 0 Å². The number of hydrogen-bond acceptors (Lipinski definition) is 3. The van der Waals surface area contributed by atoms with Gasteiger partial charge in [0.1, 0.15) is 10.7 Å². The second-order valence-corrected chi connectivity index (χ2v) is 4.82. The minimum atomic E-state index is 0.127. The van der Waals surface area contributed by atoms with Crippen LogP contribution in [0, 0.1) is 12.3 Å². The van der Waals surface area contributed by atoms with Crippen molar-refractivity contribution in [1.82, 2.24) is 10.3 Å². The first kappa shape index (κ1) is 10.2. The number of thiazole rings is 1. The van der Waals surface area contributed by atoms with E-state index in [2.05, 4.69) is 37.0 Å². The smallest absolute Gasteiger partial charge is 0.124 e. The van der Waals surface area contributed by atoms with E-state index < -0.39 is 0 Å². The van der Waals surface area contributed by atoms with Gasteiger partial charge in [0.15, 0.2) is 0 Å². The lowest BCUT2D eigenvalue weighted by molar-refractivity contribution is 0.424. The van der Waals surface area contributed by atoms with Crippen LogP contribution in [0.1, 0.15) is 31.5 Å². The molecular formula is C10H14N2S. The molecule has 0 aromatic carbocycles. The second-order valence-electron chi connectivity index (χ2n) is 3.87. The first-order valence-electron chi connectivity index (χ1n) is 4.17. The van der Waals surface area contributed by atoms with Gasteiger partial charge in [-0.15, -0.1) is 17.8 Å². The Morgan fingerprint density at radius 1 is 1.62 bits per heavy atom. The molecule has 1 N–H and O–H groups in total. The van der Waals surface area contributed by atoms with Crippen molar-refractivity contribution < 1.29 is 0 Å². The second kappa shape index (κ2) is 3.91. The summed E-state index contributed by atoms with van der Waals surface area (Å²) in [5.74, 6) is 2.52. The number of nitrogens with zero attached hydrogens (tertiary/aromatic N) is 1. The van der Waals surface area contributed by atoms with E-state index in [0.29, 0.717) is 0 Å². The van der Waals surface area contributed by atoms with E-state index in [-0.39, 0.29) is 5.54 Å². The highest BCUT2D eigenvalue weighted by atomic mass is 32.1. The molecule has 1 heterocycles. The average Bonchev–Trinajstić information content (AvgIpc) is 2.47. The Balaban J connectivity index is 2.52. The molecule has 3 heteroatoms. The number of rotatable bonds is 2. The van der Waals surface area contributed by atoms with E-state index in [0.717, 1.165) is 17.2 Å². The van der Waals surface area contributed by atoms with E-state index in [1.54, 1.807) is 11.3 Å². The topological polar surface area (TPSA) is 24.9 Å². The van der Waals surface area contributed by atoms with Crippen LogP contribution in [0.15, 0.2) is 5.38 Å². The summed E-state index contributed by atoms with van der Waals surface area (Å²) in [5, 5.41) is 6.30. The van der Waals surface area contributed by atoms with Crippen LogP contribution in [0.25, 0.3) is 0 Å². The summed E-state index contributed by atoms with van der Waals surface area (Å²) in [6.07, 6.45) is 5.22. The molecule has 0 spiro atoms. The van der Waals surface area contributed by atoms with Gasteiger partial charge in [-0.1, -0.05) is 0 Å². The summed E-state index contributed by atoms with van der Waals surface area (Å²) < 4.78 is 0. The normalized spacial score (nSPS) is 11.2. The molecular weight excluding hydrogens is 180 g/mol. The molecule has 1 aromatic rings. The predicted octanol–water partition coefficient (Wildman–Crippen LogP) is 2.01. The molecule has 0 radical (unpaired) electrons. The maximum absolute atomic E-state index is 5.22. The summed E-state index contributed by atoms with van der Waals surface area (Å²) in [7, 11) is 0. The average molecular weight is 194 g/mol. The summed E-state index contributed by atoms with van der Waals surface area (Å²) in [6, 6.07) is 0. The minimum Gasteiger partial charge on any atom is -0.306 e. The Morgan fingerprint density at radius 2 is 2.31 bits per heavy atom. The Bertz CT molecular complexity index is 314. The number of terminal acetylenes is 1. The van der Waals surface area contributed by atoms with Crippen molar-refractivity contribution in [3.63, 3.8) is 0 Å². The zero-order chi connectivity index (χ0) is 9.90. The maximum atomic E-state index is 5.22. The number of aromatic nitrogens is 1. The van der Waals surface area contributed by atoms with Crippen molar-refractivity contribution in [2.75, 3.05) is 0 Å². The van der Waals surface area contributed by atoms with Crippen molar-refractivity contribution in [1.29, 1.82) is 0 Å². The Labute approximate surface area is 83.4 Å². The van der Waals surface area contributed by atoms with Gasteiger partial charge in [0, 0.05) is 17.5 Å². The van der Waals surface area contributed by atoms with Gasteiger partial charge >= 0.3 is 0 Å². The van der Waals surface area contributed by atoms with Crippen LogP contribution >= 0.6 is 11.3 Å². The highest BCUT2D eigenvalue weighted by molar-refractivity contribution is 7.09. The fraction of sp³-hybridized carbons (Fsp3) is 0.500. The molecule has 0 amide bonds. The summed E-state index contributed by atoms with van der Waals surface area (Å²) in [6.45, 7) is 7.17. The lowest BCUT2D eigenvalue weighted by atomic mass is 10.1. The van der Waals surface area contributed by atoms with Crippen molar-refractivity contribution in [2.45, 2.75) is 32.9 Å². The van der Waals surface area contributed by atoms with Crippen LogP contribution in [0.5, 0.6) is 0 Å². The number of nitrogens with one attached hydrogen (secondary N) is 1. The van der Waals surface area contributed by atoms with E-state index in [1.807, 2.05) is 5.38 Å². The Kier molecular flexibility index (Phi) is 3.07. The molecule has 1 rings (SSSR count). The van der Waals surface area contributed by atoms with Gasteiger partial charge in [-0.05, 0) is 26.7 Å². The quantitative estimate of drug-likeness (QED) is 0.728. The third kappa shape index (κ3) is 3.58. The summed E-state index contributed by atoms with van der Waals surface area (Å²) >= 11 is 1.60. The first-order valence-corrected chi connectivity index (χ1v) is 5.05. The van der Waals surface area contributed by atoms with Crippen LogP contribution in [-0.2, 0) is 6.54 Å². The van der Waals surface area contributed by atoms with Gasteiger partial charge in [-0.3, -0.25) is 0 Å². The van der Waals surface area contributed by atoms with E-state index in [9.17, 15) is 0 Å². The third-order valence-corrected chi connectivity index (χ3v) is 2.32. The van der Waals surface area contributed by atoms with E-state index in [1.165, 1.54) is 0 Å². The largest absolute Gasteiger partial charge is 0.306 e. The molecule has 0 aliphatic rings. The van der Waals surface area contributed by atoms with Crippen LogP contribution < -0.4 is 5.32 Å². The van der Waals surface area contributed by atoms with E-state index in [4.69, 9.17) is 6.42 Å². The molecule has 70 valence electrons. The molecule has 0 saturated heterocycles. The zero-order valence-electron chi connectivity index (χ0n) is 8.22. The van der Waals surface area contributed by atoms with Gasteiger partial charge in [-0.2, -0.15) is 0 Å². The van der Waals surface area contributed by atoms with Crippen LogP contribution in [0.2, 0.25) is 0 Å².